The lowest BCUT2D eigenvalue weighted by Crippen LogP contribution is -3.14. The molecule has 34 heavy (non-hydrogen) atoms. The number of pyridine rings is 1. The number of nitrogens with zero attached hydrogens (tertiary/aromatic N) is 1. The quantitative estimate of drug-likeness (QED) is 0.510. The molecule has 2 aromatic carbocycles. The highest BCUT2D eigenvalue weighted by atomic mass is 35.5. The predicted molar refractivity (Wildman–Crippen MR) is 133 cm³/mol. The zero-order valence-electron chi connectivity index (χ0n) is 19.6. The van der Waals surface area contributed by atoms with Gasteiger partial charge in [-0.2, -0.15) is 0 Å². The number of aromatic nitrogens is 1. The fourth-order valence-corrected chi connectivity index (χ4v) is 7.07. The lowest BCUT2D eigenvalue weighted by atomic mass is 9.86. The molecule has 3 heterocycles. The second-order valence-electron chi connectivity index (χ2n) is 9.77. The van der Waals surface area contributed by atoms with E-state index in [2.05, 4.69) is 42.8 Å². The van der Waals surface area contributed by atoms with Crippen LogP contribution in [0.1, 0.15) is 24.5 Å². The molecule has 5 atom stereocenters. The number of ether oxygens (including phenoxy) is 3. The Morgan fingerprint density at radius 1 is 1.21 bits per heavy atom. The molecule has 176 valence electrons. The van der Waals surface area contributed by atoms with Gasteiger partial charge < -0.3 is 19.1 Å². The summed E-state index contributed by atoms with van der Waals surface area (Å²) in [7, 11) is 1.71. The first kappa shape index (κ1) is 21.8. The maximum Gasteiger partial charge on any atom is 0.231 e. The zero-order valence-corrected chi connectivity index (χ0v) is 20.4. The summed E-state index contributed by atoms with van der Waals surface area (Å²) in [4.78, 5) is 6.15. The molecule has 0 radical (unpaired) electrons. The van der Waals surface area contributed by atoms with Crippen molar-refractivity contribution in [3.05, 3.63) is 71.4 Å². The first-order valence-electron chi connectivity index (χ1n) is 12.1. The summed E-state index contributed by atoms with van der Waals surface area (Å²) in [5, 5.41) is 1.91. The topological polar surface area (TPSA) is 45.0 Å². The summed E-state index contributed by atoms with van der Waals surface area (Å²) in [6, 6.07) is 12.7. The first-order valence-corrected chi connectivity index (χ1v) is 12.4. The number of hydrogen-bond donors (Lipinski definition) is 1. The lowest BCUT2D eigenvalue weighted by Gasteiger charge is -2.30. The molecule has 1 saturated heterocycles. The molecule has 2 fully saturated rings. The third-order valence-electron chi connectivity index (χ3n) is 8.46. The van der Waals surface area contributed by atoms with Gasteiger partial charge in [0.25, 0.3) is 0 Å². The number of quaternary nitrogens is 1. The van der Waals surface area contributed by atoms with Crippen LogP contribution < -0.4 is 19.1 Å². The lowest BCUT2D eigenvalue weighted by molar-refractivity contribution is -0.933. The normalized spacial score (nSPS) is 28.7. The molecule has 0 spiro atoms. The minimum Gasteiger partial charge on any atom is -0.497 e. The van der Waals surface area contributed by atoms with Crippen LogP contribution >= 0.6 is 11.6 Å². The SMILES string of the molecule is C=CC12C(CC)C1C[NH+](Cc1cc3c(cc1Cl)OCO3)C2Cc1ccnc2ccc(OC)cc12. The molecule has 1 N–H and O–H groups in total. The molecular weight excluding hydrogens is 448 g/mol. The van der Waals surface area contributed by atoms with Gasteiger partial charge in [-0.25, -0.2) is 0 Å². The maximum absolute atomic E-state index is 6.69. The van der Waals surface area contributed by atoms with Crippen molar-refractivity contribution in [2.75, 3.05) is 20.4 Å². The van der Waals surface area contributed by atoms with E-state index in [4.69, 9.17) is 25.8 Å². The highest BCUT2D eigenvalue weighted by molar-refractivity contribution is 6.31. The van der Waals surface area contributed by atoms with Crippen molar-refractivity contribution in [1.29, 1.82) is 0 Å². The van der Waals surface area contributed by atoms with E-state index in [1.807, 2.05) is 24.4 Å². The molecule has 5 unspecified atom stereocenters. The van der Waals surface area contributed by atoms with Gasteiger partial charge in [0, 0.05) is 35.6 Å². The Labute approximate surface area is 205 Å². The van der Waals surface area contributed by atoms with Gasteiger partial charge in [-0.15, -0.1) is 6.58 Å². The maximum atomic E-state index is 6.69. The summed E-state index contributed by atoms with van der Waals surface area (Å²) in [6.07, 6.45) is 6.34. The van der Waals surface area contributed by atoms with Crippen LogP contribution in [0.3, 0.4) is 0 Å². The highest BCUT2D eigenvalue weighted by Crippen LogP contribution is 2.65. The molecule has 6 rings (SSSR count). The van der Waals surface area contributed by atoms with Crippen molar-refractivity contribution in [1.82, 2.24) is 4.98 Å². The fraction of sp³-hybridized carbons (Fsp3) is 0.393. The number of likely N-dealkylation sites (tertiary alicyclic amines) is 1. The van der Waals surface area contributed by atoms with Crippen molar-refractivity contribution < 1.29 is 19.1 Å². The summed E-state index contributed by atoms with van der Waals surface area (Å²) >= 11 is 6.69. The second-order valence-corrected chi connectivity index (χ2v) is 10.2. The van der Waals surface area contributed by atoms with E-state index in [1.165, 1.54) is 17.4 Å². The largest absolute Gasteiger partial charge is 0.497 e. The van der Waals surface area contributed by atoms with Crippen LogP contribution in [-0.2, 0) is 13.0 Å². The number of methoxy groups -OCH3 is 1. The van der Waals surface area contributed by atoms with E-state index in [0.29, 0.717) is 17.9 Å². The number of piperidine rings is 1. The summed E-state index contributed by atoms with van der Waals surface area (Å²) < 4.78 is 16.7. The number of hydrogen-bond acceptors (Lipinski definition) is 4. The monoisotopic (exact) mass is 477 g/mol. The summed E-state index contributed by atoms with van der Waals surface area (Å²) in [5.74, 6) is 3.75. The van der Waals surface area contributed by atoms with Gasteiger partial charge in [0.1, 0.15) is 18.3 Å². The molecule has 2 aliphatic heterocycles. The average Bonchev–Trinajstić information content (AvgIpc) is 3.09. The van der Waals surface area contributed by atoms with E-state index < -0.39 is 0 Å². The van der Waals surface area contributed by atoms with Gasteiger partial charge in [-0.05, 0) is 41.8 Å². The molecule has 1 aliphatic carbocycles. The third-order valence-corrected chi connectivity index (χ3v) is 8.81. The molecule has 0 amide bonds. The van der Waals surface area contributed by atoms with Crippen molar-refractivity contribution >= 4 is 22.5 Å². The Kier molecular flexibility index (Phi) is 5.23. The van der Waals surface area contributed by atoms with Crippen molar-refractivity contribution in [2.45, 2.75) is 32.4 Å². The molecule has 1 aromatic heterocycles. The molecule has 6 heteroatoms. The molecule has 5 nitrogen and oxygen atoms in total. The van der Waals surface area contributed by atoms with E-state index in [1.54, 1.807) is 12.0 Å². The third kappa shape index (κ3) is 3.21. The Bertz CT molecular complexity index is 1280. The standard InChI is InChI=1S/C28H29ClN2O3/c1-4-21-22-15-31(14-18-10-25-26(13-23(18)29)34-16-33-25)27(28(21,22)5-2)11-17-8-9-30-24-7-6-19(32-3)12-20(17)24/h5-10,12-13,21-22,27H,2,4,11,14-16H2,1,3H3/p+1. The van der Waals surface area contributed by atoms with Crippen LogP contribution in [0.25, 0.3) is 10.9 Å². The van der Waals surface area contributed by atoms with Gasteiger partial charge in [0.2, 0.25) is 6.79 Å². The van der Waals surface area contributed by atoms with Gasteiger partial charge in [-0.1, -0.05) is 31.0 Å². The molecule has 0 bridgehead atoms. The zero-order chi connectivity index (χ0) is 23.4. The van der Waals surface area contributed by atoms with E-state index >= 15 is 0 Å². The predicted octanol–water partition coefficient (Wildman–Crippen LogP) is 4.46. The van der Waals surface area contributed by atoms with Crippen molar-refractivity contribution in [3.8, 4) is 17.2 Å². The molecular formula is C28H30ClN2O3+. The van der Waals surface area contributed by atoms with Crippen LogP contribution in [0, 0.1) is 17.3 Å². The Morgan fingerprint density at radius 3 is 2.79 bits per heavy atom. The van der Waals surface area contributed by atoms with Crippen molar-refractivity contribution in [3.63, 3.8) is 0 Å². The van der Waals surface area contributed by atoms with E-state index in [0.717, 1.165) is 52.9 Å². The van der Waals surface area contributed by atoms with Gasteiger partial charge in [0.15, 0.2) is 11.5 Å². The number of rotatable bonds is 7. The number of benzene rings is 2. The minimum absolute atomic E-state index is 0.168. The van der Waals surface area contributed by atoms with Crippen LogP contribution in [0.4, 0.5) is 0 Å². The van der Waals surface area contributed by atoms with Crippen LogP contribution in [0.5, 0.6) is 17.2 Å². The Hall–Kier alpha value is -2.76. The summed E-state index contributed by atoms with van der Waals surface area (Å²) in [6.45, 7) is 8.89. The molecule has 3 aromatic rings. The van der Waals surface area contributed by atoms with Gasteiger partial charge >= 0.3 is 0 Å². The van der Waals surface area contributed by atoms with Crippen LogP contribution in [0.2, 0.25) is 5.02 Å². The van der Waals surface area contributed by atoms with Crippen LogP contribution in [-0.4, -0.2) is 31.5 Å². The average molecular weight is 478 g/mol. The number of fused-ring (bicyclic) bond motifs is 3. The van der Waals surface area contributed by atoms with Gasteiger partial charge in [-0.3, -0.25) is 4.98 Å². The highest BCUT2D eigenvalue weighted by Gasteiger charge is 2.74. The molecule has 1 saturated carbocycles. The van der Waals surface area contributed by atoms with Crippen molar-refractivity contribution in [2.24, 2.45) is 17.3 Å². The van der Waals surface area contributed by atoms with Crippen LogP contribution in [0.15, 0.2) is 55.3 Å². The second kappa shape index (κ2) is 8.17. The number of nitrogens with one attached hydrogen (secondary N) is 1. The molecule has 3 aliphatic rings. The number of halogens is 1. The van der Waals surface area contributed by atoms with Gasteiger partial charge in [0.05, 0.1) is 29.6 Å². The Morgan fingerprint density at radius 2 is 2.03 bits per heavy atom. The first-order chi connectivity index (χ1) is 16.6. The summed E-state index contributed by atoms with van der Waals surface area (Å²) in [5.41, 5.74) is 3.60. The fourth-order valence-electron chi connectivity index (χ4n) is 6.85. The van der Waals surface area contributed by atoms with E-state index in [9.17, 15) is 0 Å². The Balaban J connectivity index is 1.37. The van der Waals surface area contributed by atoms with E-state index in [-0.39, 0.29) is 12.2 Å². The smallest absolute Gasteiger partial charge is 0.231 e. The minimum atomic E-state index is 0.168.